The molecule has 0 bridgehead atoms. The summed E-state index contributed by atoms with van der Waals surface area (Å²) in [5, 5.41) is 11.9. The molecule has 0 aliphatic heterocycles. The Labute approximate surface area is 123 Å². The normalized spacial score (nSPS) is 11.7. The highest BCUT2D eigenvalue weighted by molar-refractivity contribution is 5.98. The number of aliphatic carboxylic acids is 1. The van der Waals surface area contributed by atoms with Gasteiger partial charge < -0.3 is 10.4 Å². The molecule has 0 aliphatic carbocycles. The van der Waals surface area contributed by atoms with Crippen molar-refractivity contribution < 1.29 is 14.7 Å². The Hall–Kier alpha value is -2.62. The Morgan fingerprint density at radius 1 is 1.00 bits per heavy atom. The van der Waals surface area contributed by atoms with Crippen molar-refractivity contribution >= 4 is 11.9 Å². The van der Waals surface area contributed by atoms with Crippen LogP contribution in [0.5, 0.6) is 0 Å². The molecular formula is C17H17NO3. The highest BCUT2D eigenvalue weighted by atomic mass is 16.4. The van der Waals surface area contributed by atoms with E-state index >= 15 is 0 Å². The van der Waals surface area contributed by atoms with E-state index < -0.39 is 12.0 Å². The SMILES string of the molecule is Cc1cccc(C(=O)N[C@@H](C(=O)O)c2ccccc2)c1C. The first-order chi connectivity index (χ1) is 10.0. The molecule has 0 fully saturated rings. The van der Waals surface area contributed by atoms with Gasteiger partial charge in [0.15, 0.2) is 6.04 Å². The first-order valence-electron chi connectivity index (χ1n) is 6.65. The van der Waals surface area contributed by atoms with E-state index in [0.29, 0.717) is 11.1 Å². The zero-order valence-electron chi connectivity index (χ0n) is 12.0. The summed E-state index contributed by atoms with van der Waals surface area (Å²) in [6, 6.07) is 13.0. The largest absolute Gasteiger partial charge is 0.479 e. The van der Waals surface area contributed by atoms with Crippen molar-refractivity contribution in [3.63, 3.8) is 0 Å². The van der Waals surface area contributed by atoms with Crippen molar-refractivity contribution in [2.75, 3.05) is 0 Å². The van der Waals surface area contributed by atoms with E-state index in [0.717, 1.165) is 11.1 Å². The molecule has 2 N–H and O–H groups in total. The molecule has 0 heterocycles. The minimum absolute atomic E-state index is 0.382. The fraction of sp³-hybridized carbons (Fsp3) is 0.176. The fourth-order valence-electron chi connectivity index (χ4n) is 2.14. The molecule has 0 aromatic heterocycles. The maximum absolute atomic E-state index is 12.3. The summed E-state index contributed by atoms with van der Waals surface area (Å²) in [6.45, 7) is 3.76. The number of nitrogens with one attached hydrogen (secondary N) is 1. The highest BCUT2D eigenvalue weighted by Crippen LogP contribution is 2.17. The average Bonchev–Trinajstić information content (AvgIpc) is 2.48. The number of hydrogen-bond donors (Lipinski definition) is 2. The van der Waals surface area contributed by atoms with Gasteiger partial charge in [0.25, 0.3) is 5.91 Å². The predicted octanol–water partition coefficient (Wildman–Crippen LogP) is 2.86. The van der Waals surface area contributed by atoms with Crippen LogP contribution in [-0.2, 0) is 4.79 Å². The minimum Gasteiger partial charge on any atom is -0.479 e. The summed E-state index contributed by atoms with van der Waals surface area (Å²) in [6.07, 6.45) is 0. The van der Waals surface area contributed by atoms with Crippen LogP contribution in [0.2, 0.25) is 0 Å². The van der Waals surface area contributed by atoms with Crippen LogP contribution in [0.1, 0.15) is 33.1 Å². The topological polar surface area (TPSA) is 66.4 Å². The van der Waals surface area contributed by atoms with Gasteiger partial charge in [0, 0.05) is 5.56 Å². The fourth-order valence-corrected chi connectivity index (χ4v) is 2.14. The Balaban J connectivity index is 2.28. The van der Waals surface area contributed by atoms with Gasteiger partial charge in [0.05, 0.1) is 0 Å². The van der Waals surface area contributed by atoms with E-state index in [-0.39, 0.29) is 5.91 Å². The second-order valence-electron chi connectivity index (χ2n) is 4.90. The van der Waals surface area contributed by atoms with Crippen LogP contribution in [-0.4, -0.2) is 17.0 Å². The summed E-state index contributed by atoms with van der Waals surface area (Å²) < 4.78 is 0. The van der Waals surface area contributed by atoms with Crippen LogP contribution in [0.25, 0.3) is 0 Å². The van der Waals surface area contributed by atoms with Crippen molar-refractivity contribution in [1.29, 1.82) is 0 Å². The lowest BCUT2D eigenvalue weighted by Crippen LogP contribution is -2.34. The molecule has 1 amide bonds. The standard InChI is InChI=1S/C17H17NO3/c1-11-7-6-10-14(12(11)2)16(19)18-15(17(20)21)13-8-4-3-5-9-13/h3-10,15H,1-2H3,(H,18,19)(H,20,21)/t15-/m1/s1. The molecule has 2 rings (SSSR count). The quantitative estimate of drug-likeness (QED) is 0.906. The number of benzene rings is 2. The van der Waals surface area contributed by atoms with Gasteiger partial charge in [-0.3, -0.25) is 4.79 Å². The Morgan fingerprint density at radius 3 is 2.29 bits per heavy atom. The van der Waals surface area contributed by atoms with Gasteiger partial charge in [-0.15, -0.1) is 0 Å². The van der Waals surface area contributed by atoms with E-state index in [2.05, 4.69) is 5.32 Å². The van der Waals surface area contributed by atoms with Crippen molar-refractivity contribution in [3.8, 4) is 0 Å². The number of carboxylic acid groups (broad SMARTS) is 1. The van der Waals surface area contributed by atoms with E-state index in [1.165, 1.54) is 0 Å². The van der Waals surface area contributed by atoms with E-state index in [4.69, 9.17) is 0 Å². The summed E-state index contributed by atoms with van der Waals surface area (Å²) in [5.41, 5.74) is 2.89. The van der Waals surface area contributed by atoms with Crippen molar-refractivity contribution in [3.05, 3.63) is 70.8 Å². The molecule has 0 spiro atoms. The zero-order chi connectivity index (χ0) is 15.4. The molecular weight excluding hydrogens is 266 g/mol. The van der Waals surface area contributed by atoms with Crippen molar-refractivity contribution in [2.24, 2.45) is 0 Å². The van der Waals surface area contributed by atoms with Crippen LogP contribution < -0.4 is 5.32 Å². The predicted molar refractivity (Wildman–Crippen MR) is 80.2 cm³/mol. The first-order valence-corrected chi connectivity index (χ1v) is 6.65. The smallest absolute Gasteiger partial charge is 0.330 e. The maximum Gasteiger partial charge on any atom is 0.330 e. The molecule has 0 saturated carbocycles. The number of aryl methyl sites for hydroxylation is 1. The molecule has 1 atom stereocenters. The average molecular weight is 283 g/mol. The van der Waals surface area contributed by atoms with Gasteiger partial charge in [0.1, 0.15) is 0 Å². The minimum atomic E-state index is -1.08. The van der Waals surface area contributed by atoms with E-state index in [9.17, 15) is 14.7 Å². The first kappa shape index (κ1) is 14.8. The van der Waals surface area contributed by atoms with Gasteiger partial charge >= 0.3 is 5.97 Å². The Kier molecular flexibility index (Phi) is 4.38. The van der Waals surface area contributed by atoms with Gasteiger partial charge in [-0.2, -0.15) is 0 Å². The van der Waals surface area contributed by atoms with Crippen molar-refractivity contribution in [1.82, 2.24) is 5.32 Å². The summed E-state index contributed by atoms with van der Waals surface area (Å²) in [5.74, 6) is -1.47. The number of carboxylic acids is 1. The van der Waals surface area contributed by atoms with Crippen LogP contribution in [0.4, 0.5) is 0 Å². The monoisotopic (exact) mass is 283 g/mol. The Bertz CT molecular complexity index is 665. The third kappa shape index (κ3) is 3.28. The molecule has 0 aliphatic rings. The Morgan fingerprint density at radius 2 is 1.67 bits per heavy atom. The van der Waals surface area contributed by atoms with Crippen molar-refractivity contribution in [2.45, 2.75) is 19.9 Å². The summed E-state index contributed by atoms with van der Waals surface area (Å²) in [4.78, 5) is 23.7. The van der Waals surface area contributed by atoms with Gasteiger partial charge in [-0.1, -0.05) is 42.5 Å². The number of carbonyl (C=O) groups is 2. The third-order valence-electron chi connectivity index (χ3n) is 3.50. The lowest BCUT2D eigenvalue weighted by atomic mass is 10.0. The molecule has 4 nitrogen and oxygen atoms in total. The highest BCUT2D eigenvalue weighted by Gasteiger charge is 2.23. The van der Waals surface area contributed by atoms with E-state index in [1.54, 1.807) is 42.5 Å². The number of amides is 1. The molecule has 0 saturated heterocycles. The summed E-state index contributed by atoms with van der Waals surface area (Å²) in [7, 11) is 0. The molecule has 2 aromatic rings. The lowest BCUT2D eigenvalue weighted by molar-refractivity contribution is -0.139. The molecule has 108 valence electrons. The van der Waals surface area contributed by atoms with E-state index in [1.807, 2.05) is 19.9 Å². The van der Waals surface area contributed by atoms with Gasteiger partial charge in [0.2, 0.25) is 0 Å². The lowest BCUT2D eigenvalue weighted by Gasteiger charge is -2.16. The van der Waals surface area contributed by atoms with Crippen LogP contribution in [0.3, 0.4) is 0 Å². The van der Waals surface area contributed by atoms with Gasteiger partial charge in [-0.25, -0.2) is 4.79 Å². The van der Waals surface area contributed by atoms with Crippen LogP contribution in [0.15, 0.2) is 48.5 Å². The number of hydrogen-bond acceptors (Lipinski definition) is 2. The number of rotatable bonds is 4. The molecule has 0 radical (unpaired) electrons. The summed E-state index contributed by atoms with van der Waals surface area (Å²) >= 11 is 0. The third-order valence-corrected chi connectivity index (χ3v) is 3.50. The molecule has 2 aromatic carbocycles. The number of carbonyl (C=O) groups excluding carboxylic acids is 1. The zero-order valence-corrected chi connectivity index (χ0v) is 12.0. The van der Waals surface area contributed by atoms with Gasteiger partial charge in [-0.05, 0) is 36.6 Å². The molecule has 4 heteroatoms. The molecule has 0 unspecified atom stereocenters. The van der Waals surface area contributed by atoms with Crippen LogP contribution >= 0.6 is 0 Å². The second kappa shape index (κ2) is 6.22. The molecule has 21 heavy (non-hydrogen) atoms. The maximum atomic E-state index is 12.3. The van der Waals surface area contributed by atoms with Crippen LogP contribution in [0, 0.1) is 13.8 Å². The second-order valence-corrected chi connectivity index (χ2v) is 4.90.